The van der Waals surface area contributed by atoms with Crippen LogP contribution in [-0.4, -0.2) is 31.0 Å². The zero-order valence-electron chi connectivity index (χ0n) is 13.5. The van der Waals surface area contributed by atoms with E-state index in [0.29, 0.717) is 30.7 Å². The molecular formula is C17H27IN4O. The summed E-state index contributed by atoms with van der Waals surface area (Å²) in [4.78, 5) is 16.1. The van der Waals surface area contributed by atoms with Crippen LogP contribution < -0.4 is 16.4 Å². The number of nitrogens with one attached hydrogen (secondary N) is 2. The third-order valence-electron chi connectivity index (χ3n) is 3.92. The van der Waals surface area contributed by atoms with Crippen LogP contribution in [0.25, 0.3) is 0 Å². The molecule has 0 radical (unpaired) electrons. The number of benzene rings is 1. The Bertz CT molecular complexity index is 485. The van der Waals surface area contributed by atoms with Crippen molar-refractivity contribution in [3.8, 4) is 0 Å². The first-order valence-electron chi connectivity index (χ1n) is 8.15. The monoisotopic (exact) mass is 430 g/mol. The Kier molecular flexibility index (Phi) is 9.66. The van der Waals surface area contributed by atoms with Gasteiger partial charge in [0.1, 0.15) is 0 Å². The van der Waals surface area contributed by atoms with Crippen LogP contribution in [0.5, 0.6) is 0 Å². The molecular weight excluding hydrogens is 403 g/mol. The Morgan fingerprint density at radius 2 is 1.78 bits per heavy atom. The average molecular weight is 430 g/mol. The van der Waals surface area contributed by atoms with Crippen molar-refractivity contribution in [1.29, 1.82) is 0 Å². The maximum atomic E-state index is 11.8. The van der Waals surface area contributed by atoms with Gasteiger partial charge in [0.05, 0.1) is 6.54 Å². The Morgan fingerprint density at radius 1 is 1.13 bits per heavy atom. The molecule has 1 aromatic carbocycles. The zero-order valence-corrected chi connectivity index (χ0v) is 15.8. The third kappa shape index (κ3) is 7.67. The standard InChI is InChI=1S/C17H26N4O.HI/c18-17(21-15-10-6-1-2-7-11-15)20-13-12-19-16(22)14-8-4-3-5-9-14;/h3-5,8-9,15H,1-2,6-7,10-13H2,(H,19,22)(H3,18,20,21);1H. The summed E-state index contributed by atoms with van der Waals surface area (Å²) in [7, 11) is 0. The van der Waals surface area contributed by atoms with Gasteiger partial charge in [-0.05, 0) is 25.0 Å². The van der Waals surface area contributed by atoms with E-state index in [9.17, 15) is 4.79 Å². The molecule has 0 saturated heterocycles. The first kappa shape index (κ1) is 19.7. The lowest BCUT2D eigenvalue weighted by atomic mass is 10.1. The summed E-state index contributed by atoms with van der Waals surface area (Å²) >= 11 is 0. The van der Waals surface area contributed by atoms with Gasteiger partial charge in [-0.15, -0.1) is 24.0 Å². The number of halogens is 1. The van der Waals surface area contributed by atoms with Crippen molar-refractivity contribution in [2.75, 3.05) is 13.1 Å². The second-order valence-corrected chi connectivity index (χ2v) is 5.72. The Hall–Kier alpha value is -1.31. The largest absolute Gasteiger partial charge is 0.370 e. The lowest BCUT2D eigenvalue weighted by Gasteiger charge is -2.16. The van der Waals surface area contributed by atoms with Gasteiger partial charge in [-0.25, -0.2) is 0 Å². The van der Waals surface area contributed by atoms with E-state index >= 15 is 0 Å². The highest BCUT2D eigenvalue weighted by Crippen LogP contribution is 2.16. The fourth-order valence-electron chi connectivity index (χ4n) is 2.72. The molecule has 1 fully saturated rings. The number of rotatable bonds is 5. The Labute approximate surface area is 155 Å². The van der Waals surface area contributed by atoms with Gasteiger partial charge in [-0.3, -0.25) is 9.79 Å². The van der Waals surface area contributed by atoms with Crippen LogP contribution in [0, 0.1) is 0 Å². The van der Waals surface area contributed by atoms with Crippen LogP contribution in [0.3, 0.4) is 0 Å². The fourth-order valence-corrected chi connectivity index (χ4v) is 2.72. The summed E-state index contributed by atoms with van der Waals surface area (Å²) in [5, 5.41) is 6.13. The van der Waals surface area contributed by atoms with Gasteiger partial charge in [-0.1, -0.05) is 43.9 Å². The number of nitrogens with two attached hydrogens (primary N) is 1. The molecule has 0 aliphatic heterocycles. The van der Waals surface area contributed by atoms with Crippen molar-refractivity contribution in [2.45, 2.75) is 44.6 Å². The van der Waals surface area contributed by atoms with Gasteiger partial charge in [0.15, 0.2) is 5.96 Å². The molecule has 2 rings (SSSR count). The van der Waals surface area contributed by atoms with Crippen molar-refractivity contribution in [1.82, 2.24) is 10.6 Å². The molecule has 128 valence electrons. The van der Waals surface area contributed by atoms with Crippen LogP contribution in [0.1, 0.15) is 48.9 Å². The Morgan fingerprint density at radius 3 is 2.43 bits per heavy atom. The number of carbonyl (C=O) groups excluding carboxylic acids is 1. The number of aliphatic imine (C=N–C) groups is 1. The number of amides is 1. The van der Waals surface area contributed by atoms with Crippen molar-refractivity contribution in [2.24, 2.45) is 10.7 Å². The van der Waals surface area contributed by atoms with Crippen LogP contribution in [-0.2, 0) is 0 Å². The molecule has 1 aliphatic rings. The molecule has 0 heterocycles. The minimum atomic E-state index is -0.0777. The van der Waals surface area contributed by atoms with E-state index in [1.807, 2.05) is 18.2 Å². The summed E-state index contributed by atoms with van der Waals surface area (Å²) in [5.74, 6) is 0.409. The lowest BCUT2D eigenvalue weighted by molar-refractivity contribution is 0.0955. The quantitative estimate of drug-likeness (QED) is 0.221. The van der Waals surface area contributed by atoms with E-state index in [0.717, 1.165) is 0 Å². The fraction of sp³-hybridized carbons (Fsp3) is 0.529. The van der Waals surface area contributed by atoms with Crippen LogP contribution in [0.4, 0.5) is 0 Å². The molecule has 4 N–H and O–H groups in total. The Balaban J connectivity index is 0.00000264. The third-order valence-corrected chi connectivity index (χ3v) is 3.92. The van der Waals surface area contributed by atoms with E-state index in [1.165, 1.54) is 38.5 Å². The van der Waals surface area contributed by atoms with Crippen LogP contribution in [0.2, 0.25) is 0 Å². The maximum absolute atomic E-state index is 11.8. The normalized spacial score (nSPS) is 16.1. The van der Waals surface area contributed by atoms with E-state index in [2.05, 4.69) is 15.6 Å². The van der Waals surface area contributed by atoms with Gasteiger partial charge >= 0.3 is 0 Å². The van der Waals surface area contributed by atoms with Crippen molar-refractivity contribution in [3.63, 3.8) is 0 Å². The first-order valence-corrected chi connectivity index (χ1v) is 8.15. The van der Waals surface area contributed by atoms with Gasteiger partial charge in [-0.2, -0.15) is 0 Å². The summed E-state index contributed by atoms with van der Waals surface area (Å²) in [6.45, 7) is 0.977. The molecule has 6 heteroatoms. The minimum Gasteiger partial charge on any atom is -0.370 e. The molecule has 0 unspecified atom stereocenters. The molecule has 1 aromatic rings. The van der Waals surface area contributed by atoms with E-state index in [-0.39, 0.29) is 29.9 Å². The number of nitrogens with zero attached hydrogens (tertiary/aromatic N) is 1. The molecule has 1 saturated carbocycles. The average Bonchev–Trinajstić information content (AvgIpc) is 2.81. The second kappa shape index (κ2) is 11.3. The van der Waals surface area contributed by atoms with Crippen LogP contribution in [0.15, 0.2) is 35.3 Å². The summed E-state index contributed by atoms with van der Waals surface area (Å²) in [6.07, 6.45) is 7.50. The molecule has 1 aliphatic carbocycles. The topological polar surface area (TPSA) is 79.5 Å². The predicted octanol–water partition coefficient (Wildman–Crippen LogP) is 2.66. The first-order chi connectivity index (χ1) is 10.8. The zero-order chi connectivity index (χ0) is 15.6. The molecule has 0 bridgehead atoms. The second-order valence-electron chi connectivity index (χ2n) is 5.72. The molecule has 5 nitrogen and oxygen atoms in total. The highest BCUT2D eigenvalue weighted by Gasteiger charge is 2.12. The molecule has 0 aromatic heterocycles. The summed E-state index contributed by atoms with van der Waals surface area (Å²) < 4.78 is 0. The van der Waals surface area contributed by atoms with Gasteiger partial charge in [0, 0.05) is 18.2 Å². The number of carbonyl (C=O) groups is 1. The minimum absolute atomic E-state index is 0. The number of guanidine groups is 1. The van der Waals surface area contributed by atoms with Crippen LogP contribution >= 0.6 is 24.0 Å². The van der Waals surface area contributed by atoms with Crippen molar-refractivity contribution >= 4 is 35.8 Å². The van der Waals surface area contributed by atoms with E-state index in [4.69, 9.17) is 5.73 Å². The maximum Gasteiger partial charge on any atom is 0.251 e. The molecule has 1 amide bonds. The predicted molar refractivity (Wildman–Crippen MR) is 105 cm³/mol. The van der Waals surface area contributed by atoms with Crippen molar-refractivity contribution < 1.29 is 4.79 Å². The van der Waals surface area contributed by atoms with Gasteiger partial charge in [0.25, 0.3) is 5.91 Å². The van der Waals surface area contributed by atoms with Gasteiger partial charge in [0.2, 0.25) is 0 Å². The smallest absolute Gasteiger partial charge is 0.251 e. The van der Waals surface area contributed by atoms with E-state index < -0.39 is 0 Å². The molecule has 0 spiro atoms. The summed E-state index contributed by atoms with van der Waals surface area (Å²) in [6, 6.07) is 9.62. The van der Waals surface area contributed by atoms with E-state index in [1.54, 1.807) is 12.1 Å². The highest BCUT2D eigenvalue weighted by molar-refractivity contribution is 14.0. The SMILES string of the molecule is I.NC(=NCCNC(=O)c1ccccc1)NC1CCCCCC1. The summed E-state index contributed by atoms with van der Waals surface area (Å²) in [5.41, 5.74) is 6.57. The number of hydrogen-bond acceptors (Lipinski definition) is 2. The molecule has 23 heavy (non-hydrogen) atoms. The molecule has 0 atom stereocenters. The lowest BCUT2D eigenvalue weighted by Crippen LogP contribution is -2.40. The number of hydrogen-bond donors (Lipinski definition) is 3. The highest BCUT2D eigenvalue weighted by atomic mass is 127. The van der Waals surface area contributed by atoms with Gasteiger partial charge < -0.3 is 16.4 Å². The van der Waals surface area contributed by atoms with Crippen molar-refractivity contribution in [3.05, 3.63) is 35.9 Å².